The first-order valence-corrected chi connectivity index (χ1v) is 7.87. The van der Waals surface area contributed by atoms with Crippen LogP contribution in [0.2, 0.25) is 0 Å². The summed E-state index contributed by atoms with van der Waals surface area (Å²) >= 11 is 0. The molecule has 0 atom stereocenters. The highest BCUT2D eigenvalue weighted by molar-refractivity contribution is 5.65. The molecular formula is C18H30O2. The van der Waals surface area contributed by atoms with Crippen LogP contribution < -0.4 is 0 Å². The molecule has 2 heteroatoms. The third-order valence-electron chi connectivity index (χ3n) is 2.84. The normalized spacial score (nSPS) is 11.9. The molecule has 0 fully saturated rings. The zero-order valence-electron chi connectivity index (χ0n) is 13.1. The second-order valence-electron chi connectivity index (χ2n) is 4.88. The highest BCUT2D eigenvalue weighted by Gasteiger charge is 1.89. The van der Waals surface area contributed by atoms with Crippen LogP contribution in [0.1, 0.15) is 65.2 Å². The minimum absolute atomic E-state index is 0.197. The standard InChI is InChI=1S/C18H30O2/c1-3-4-5-6-7-8-9-10-11-12-13-14-15-16-17-20-18(2)19/h6-7,11-14H,3-5,8-10,15-17H2,1-2H3/b7-6+,12-11+,14-13+. The summed E-state index contributed by atoms with van der Waals surface area (Å²) in [5, 5.41) is 0. The van der Waals surface area contributed by atoms with E-state index in [-0.39, 0.29) is 5.97 Å². The van der Waals surface area contributed by atoms with Crippen molar-refractivity contribution in [2.45, 2.75) is 65.2 Å². The molecular weight excluding hydrogens is 248 g/mol. The van der Waals surface area contributed by atoms with Gasteiger partial charge in [0.2, 0.25) is 0 Å². The maximum absolute atomic E-state index is 10.5. The zero-order valence-corrected chi connectivity index (χ0v) is 13.1. The first-order valence-electron chi connectivity index (χ1n) is 7.87. The fraction of sp³-hybridized carbons (Fsp3) is 0.611. The van der Waals surface area contributed by atoms with E-state index in [2.05, 4.69) is 43.4 Å². The lowest BCUT2D eigenvalue weighted by Gasteiger charge is -1.97. The van der Waals surface area contributed by atoms with Gasteiger partial charge in [0.25, 0.3) is 0 Å². The number of hydrogen-bond acceptors (Lipinski definition) is 2. The van der Waals surface area contributed by atoms with E-state index in [0.29, 0.717) is 6.61 Å². The Bertz CT molecular complexity index is 301. The molecule has 0 aliphatic heterocycles. The van der Waals surface area contributed by atoms with Gasteiger partial charge in [-0.15, -0.1) is 0 Å². The van der Waals surface area contributed by atoms with Crippen LogP contribution in [0.5, 0.6) is 0 Å². The Labute approximate surface area is 124 Å². The third-order valence-corrected chi connectivity index (χ3v) is 2.84. The van der Waals surface area contributed by atoms with Crippen LogP contribution in [0.25, 0.3) is 0 Å². The number of unbranched alkanes of at least 4 members (excludes halogenated alkanes) is 5. The molecule has 0 aliphatic carbocycles. The molecule has 0 saturated heterocycles. The van der Waals surface area contributed by atoms with E-state index in [1.54, 1.807) is 0 Å². The van der Waals surface area contributed by atoms with Crippen molar-refractivity contribution in [3.05, 3.63) is 36.5 Å². The van der Waals surface area contributed by atoms with Gasteiger partial charge in [-0.25, -0.2) is 0 Å². The van der Waals surface area contributed by atoms with Crippen molar-refractivity contribution in [1.29, 1.82) is 0 Å². The summed E-state index contributed by atoms with van der Waals surface area (Å²) in [6.07, 6.45) is 22.3. The Morgan fingerprint density at radius 2 is 1.40 bits per heavy atom. The average molecular weight is 278 g/mol. The zero-order chi connectivity index (χ0) is 14.9. The number of hydrogen-bond donors (Lipinski definition) is 0. The highest BCUT2D eigenvalue weighted by Crippen LogP contribution is 2.01. The fourth-order valence-corrected chi connectivity index (χ4v) is 1.68. The molecule has 114 valence electrons. The third kappa shape index (κ3) is 16.7. The number of esters is 1. The molecule has 0 radical (unpaired) electrons. The SMILES string of the molecule is CCCC/C=C/CCC/C=C/C=C/CCCOC(C)=O. The Morgan fingerprint density at radius 1 is 0.850 bits per heavy atom. The molecule has 0 rings (SSSR count). The maximum atomic E-state index is 10.5. The van der Waals surface area contributed by atoms with Gasteiger partial charge in [-0.3, -0.25) is 4.79 Å². The van der Waals surface area contributed by atoms with Crippen LogP contribution in [0.3, 0.4) is 0 Å². The van der Waals surface area contributed by atoms with Crippen molar-refractivity contribution >= 4 is 5.97 Å². The monoisotopic (exact) mass is 278 g/mol. The number of rotatable bonds is 12. The molecule has 0 aromatic rings. The molecule has 0 aromatic carbocycles. The van der Waals surface area contributed by atoms with E-state index in [1.165, 1.54) is 39.0 Å². The molecule has 0 spiro atoms. The van der Waals surface area contributed by atoms with Crippen LogP contribution in [-0.2, 0) is 9.53 Å². The smallest absolute Gasteiger partial charge is 0.302 e. The lowest BCUT2D eigenvalue weighted by atomic mass is 10.2. The van der Waals surface area contributed by atoms with Gasteiger partial charge < -0.3 is 4.74 Å². The van der Waals surface area contributed by atoms with E-state index in [1.807, 2.05) is 0 Å². The van der Waals surface area contributed by atoms with Crippen LogP contribution in [0.15, 0.2) is 36.5 Å². The van der Waals surface area contributed by atoms with E-state index in [0.717, 1.165) is 19.3 Å². The summed E-state index contributed by atoms with van der Waals surface area (Å²) in [4.78, 5) is 10.5. The Morgan fingerprint density at radius 3 is 2.00 bits per heavy atom. The molecule has 2 nitrogen and oxygen atoms in total. The van der Waals surface area contributed by atoms with Gasteiger partial charge in [0.1, 0.15) is 0 Å². The van der Waals surface area contributed by atoms with Crippen molar-refractivity contribution in [3.63, 3.8) is 0 Å². The van der Waals surface area contributed by atoms with Gasteiger partial charge in [-0.2, -0.15) is 0 Å². The van der Waals surface area contributed by atoms with Crippen LogP contribution in [0, 0.1) is 0 Å². The number of carbonyl (C=O) groups excluding carboxylic acids is 1. The largest absolute Gasteiger partial charge is 0.466 e. The van der Waals surface area contributed by atoms with Crippen LogP contribution >= 0.6 is 0 Å². The van der Waals surface area contributed by atoms with Gasteiger partial charge in [-0.05, 0) is 38.5 Å². The lowest BCUT2D eigenvalue weighted by Crippen LogP contribution is -1.99. The molecule has 0 unspecified atom stereocenters. The molecule has 20 heavy (non-hydrogen) atoms. The highest BCUT2D eigenvalue weighted by atomic mass is 16.5. The van der Waals surface area contributed by atoms with Crippen molar-refractivity contribution in [2.75, 3.05) is 6.61 Å². The predicted molar refractivity (Wildman–Crippen MR) is 86.7 cm³/mol. The van der Waals surface area contributed by atoms with E-state index >= 15 is 0 Å². The summed E-state index contributed by atoms with van der Waals surface area (Å²) < 4.78 is 4.85. The summed E-state index contributed by atoms with van der Waals surface area (Å²) in [7, 11) is 0. The van der Waals surface area contributed by atoms with Gasteiger partial charge in [0, 0.05) is 6.92 Å². The second kappa shape index (κ2) is 15.7. The number of ether oxygens (including phenoxy) is 1. The lowest BCUT2D eigenvalue weighted by molar-refractivity contribution is -0.141. The molecule has 0 bridgehead atoms. The van der Waals surface area contributed by atoms with Gasteiger partial charge in [0.05, 0.1) is 6.61 Å². The minimum atomic E-state index is -0.197. The molecule has 0 N–H and O–H groups in total. The average Bonchev–Trinajstić information content (AvgIpc) is 2.43. The number of carbonyl (C=O) groups is 1. The van der Waals surface area contributed by atoms with Crippen molar-refractivity contribution in [2.24, 2.45) is 0 Å². The molecule has 0 aromatic heterocycles. The summed E-state index contributed by atoms with van der Waals surface area (Å²) in [6.45, 7) is 4.19. The fourth-order valence-electron chi connectivity index (χ4n) is 1.68. The van der Waals surface area contributed by atoms with Gasteiger partial charge in [-0.1, -0.05) is 56.2 Å². The molecule has 0 aliphatic rings. The van der Waals surface area contributed by atoms with Crippen LogP contribution in [-0.4, -0.2) is 12.6 Å². The summed E-state index contributed by atoms with van der Waals surface area (Å²) in [6, 6.07) is 0. The summed E-state index contributed by atoms with van der Waals surface area (Å²) in [5.74, 6) is -0.197. The second-order valence-corrected chi connectivity index (χ2v) is 4.88. The van der Waals surface area contributed by atoms with Crippen molar-refractivity contribution in [3.8, 4) is 0 Å². The van der Waals surface area contributed by atoms with Crippen LogP contribution in [0.4, 0.5) is 0 Å². The predicted octanol–water partition coefficient (Wildman–Crippen LogP) is 5.36. The summed E-state index contributed by atoms with van der Waals surface area (Å²) in [5.41, 5.74) is 0. The van der Waals surface area contributed by atoms with E-state index < -0.39 is 0 Å². The molecule has 0 saturated carbocycles. The first kappa shape index (κ1) is 18.7. The molecule has 0 heterocycles. The topological polar surface area (TPSA) is 26.3 Å². The first-order chi connectivity index (χ1) is 9.77. The van der Waals surface area contributed by atoms with Gasteiger partial charge in [0.15, 0.2) is 0 Å². The Kier molecular flexibility index (Phi) is 14.7. The molecule has 0 amide bonds. The van der Waals surface area contributed by atoms with E-state index in [9.17, 15) is 4.79 Å². The van der Waals surface area contributed by atoms with Crippen molar-refractivity contribution < 1.29 is 9.53 Å². The number of allylic oxidation sites excluding steroid dienone is 6. The Hall–Kier alpha value is -1.31. The quantitative estimate of drug-likeness (QED) is 0.208. The van der Waals surface area contributed by atoms with E-state index in [4.69, 9.17) is 4.74 Å². The Balaban J connectivity index is 3.30. The maximum Gasteiger partial charge on any atom is 0.302 e. The van der Waals surface area contributed by atoms with Gasteiger partial charge >= 0.3 is 5.97 Å². The van der Waals surface area contributed by atoms with Crippen molar-refractivity contribution in [1.82, 2.24) is 0 Å². The minimum Gasteiger partial charge on any atom is -0.466 e.